The normalized spacial score (nSPS) is 6.56. The third-order valence-corrected chi connectivity index (χ3v) is 0. The van der Waals surface area contributed by atoms with Crippen molar-refractivity contribution < 1.29 is 24.7 Å². The van der Waals surface area contributed by atoms with Crippen LogP contribution in [0.1, 0.15) is 0 Å². The van der Waals surface area contributed by atoms with E-state index in [0.29, 0.717) is 0 Å². The second kappa shape index (κ2) is 14.4. The molecule has 40 valence electrons. The van der Waals surface area contributed by atoms with Crippen LogP contribution < -0.4 is 14.7 Å². The van der Waals surface area contributed by atoms with Crippen molar-refractivity contribution in [3.63, 3.8) is 0 Å². The first-order valence-corrected chi connectivity index (χ1v) is 2.19. The first-order chi connectivity index (χ1) is 2.00. The molecule has 0 aromatic carbocycles. The molecule has 0 bridgehead atoms. The molecule has 9 heavy (non-hydrogen) atoms. The van der Waals surface area contributed by atoms with E-state index in [1.165, 1.54) is 0 Å². The molecule has 0 aliphatic heterocycles. The Balaban J connectivity index is -0.0000000133. The Bertz CT molecular complexity index is 58.3. The molecule has 0 saturated carbocycles. The molecular weight excluding hydrogens is 231 g/mol. The Labute approximate surface area is 142 Å². The maximum absolute atomic E-state index is 8.55. The van der Waals surface area contributed by atoms with Crippen molar-refractivity contribution in [3.8, 4) is 0 Å². The van der Waals surface area contributed by atoms with Gasteiger partial charge in [0.05, 0.1) is 0 Å². The molecule has 0 aromatic rings. The van der Waals surface area contributed by atoms with Crippen molar-refractivity contribution in [2.24, 2.45) is 0 Å². The average molecular weight is 232 g/mol. The van der Waals surface area contributed by atoms with E-state index in [1.807, 2.05) is 0 Å². The first kappa shape index (κ1) is 29.3. The fraction of sp³-hybridized carbons (Fsp3) is 0. The van der Waals surface area contributed by atoms with Gasteiger partial charge in [-0.05, 0) is 0 Å². The van der Waals surface area contributed by atoms with Gasteiger partial charge >= 0.3 is 113 Å². The molecule has 0 amide bonds. The van der Waals surface area contributed by atoms with Crippen LogP contribution in [0.3, 0.4) is 0 Å². The smallest absolute Gasteiger partial charge is 0.870 e. The summed E-state index contributed by atoms with van der Waals surface area (Å²) in [7, 11) is -5.39. The summed E-state index contributed by atoms with van der Waals surface area (Å²) in [6.45, 7) is 0. The second-order valence-electron chi connectivity index (χ2n) is 0.447. The summed E-state index contributed by atoms with van der Waals surface area (Å²) in [5.41, 5.74) is 0. The molecular formula is HCa3O5P+2. The van der Waals surface area contributed by atoms with Crippen LogP contribution >= 0.6 is 7.82 Å². The predicted molar refractivity (Wildman–Crippen MR) is 26.8 cm³/mol. The molecule has 0 fully saturated rings. The van der Waals surface area contributed by atoms with E-state index in [0.717, 1.165) is 0 Å². The van der Waals surface area contributed by atoms with E-state index in [2.05, 4.69) is 0 Å². The molecule has 0 aromatic heterocycles. The van der Waals surface area contributed by atoms with Crippen LogP contribution in [0.5, 0.6) is 0 Å². The Morgan fingerprint density at radius 2 is 0.889 bits per heavy atom. The number of hydrogen-bond donors (Lipinski definition) is 0. The molecule has 0 rings (SSSR count). The van der Waals surface area contributed by atoms with Crippen LogP contribution in [-0.2, 0) is 4.57 Å². The van der Waals surface area contributed by atoms with Gasteiger partial charge in [0.25, 0.3) is 0 Å². The minimum Gasteiger partial charge on any atom is -0.870 e. The van der Waals surface area contributed by atoms with Gasteiger partial charge in [0.15, 0.2) is 0 Å². The van der Waals surface area contributed by atoms with Gasteiger partial charge in [-0.1, -0.05) is 0 Å². The zero-order chi connectivity index (χ0) is 4.50. The number of rotatable bonds is 0. The van der Waals surface area contributed by atoms with Gasteiger partial charge in [0.2, 0.25) is 0 Å². The summed E-state index contributed by atoms with van der Waals surface area (Å²) in [6.07, 6.45) is 0. The van der Waals surface area contributed by atoms with Crippen LogP contribution in [0.2, 0.25) is 0 Å². The molecule has 0 atom stereocenters. The molecule has 1 N–H and O–H groups in total. The number of phosphoric acid groups is 1. The summed E-state index contributed by atoms with van der Waals surface area (Å²) in [6, 6.07) is 0. The second-order valence-corrected chi connectivity index (χ2v) is 1.34. The largest absolute Gasteiger partial charge is 2.00 e. The van der Waals surface area contributed by atoms with Crippen molar-refractivity contribution >= 4 is 121 Å². The van der Waals surface area contributed by atoms with Crippen LogP contribution in [-0.4, -0.2) is 119 Å². The summed E-state index contributed by atoms with van der Waals surface area (Å²) in [5.74, 6) is 0. The zero-order valence-corrected chi connectivity index (χ0v) is 12.2. The molecule has 9 heteroatoms. The number of hydrogen-bond acceptors (Lipinski definition) is 5. The van der Waals surface area contributed by atoms with Gasteiger partial charge in [0, 0.05) is 0 Å². The minimum atomic E-state index is -5.39. The van der Waals surface area contributed by atoms with Crippen LogP contribution in [0.25, 0.3) is 0 Å². The molecule has 0 heterocycles. The monoisotopic (exact) mass is 232 g/mol. The Kier molecular flexibility index (Phi) is 46.8. The van der Waals surface area contributed by atoms with E-state index < -0.39 is 7.82 Å². The maximum atomic E-state index is 8.55. The fourth-order valence-corrected chi connectivity index (χ4v) is 0. The van der Waals surface area contributed by atoms with Gasteiger partial charge in [-0.15, -0.1) is 0 Å². The van der Waals surface area contributed by atoms with Gasteiger partial charge in [0.1, 0.15) is 0 Å². The molecule has 0 aliphatic carbocycles. The summed E-state index contributed by atoms with van der Waals surface area (Å²) in [4.78, 5) is 25.6. The van der Waals surface area contributed by atoms with Gasteiger partial charge in [-0.3, -0.25) is 0 Å². The summed E-state index contributed by atoms with van der Waals surface area (Å²) in [5, 5.41) is 0. The zero-order valence-electron chi connectivity index (χ0n) is 4.65. The van der Waals surface area contributed by atoms with E-state index in [-0.39, 0.29) is 119 Å². The molecule has 0 spiro atoms. The van der Waals surface area contributed by atoms with Gasteiger partial charge < -0.3 is 24.7 Å². The maximum Gasteiger partial charge on any atom is 2.00 e. The van der Waals surface area contributed by atoms with Crippen molar-refractivity contribution in [2.75, 3.05) is 0 Å². The Hall–Kier alpha value is 3.85. The summed E-state index contributed by atoms with van der Waals surface area (Å²) >= 11 is 0. The molecule has 0 unspecified atom stereocenters. The van der Waals surface area contributed by atoms with Crippen LogP contribution in [0, 0.1) is 0 Å². The van der Waals surface area contributed by atoms with Crippen LogP contribution in [0.4, 0.5) is 0 Å². The van der Waals surface area contributed by atoms with E-state index in [1.54, 1.807) is 0 Å². The molecule has 0 saturated heterocycles. The Morgan fingerprint density at radius 1 is 0.889 bits per heavy atom. The van der Waals surface area contributed by atoms with Crippen molar-refractivity contribution in [2.45, 2.75) is 0 Å². The average Bonchev–Trinajstić information content (AvgIpc) is 0.722. The van der Waals surface area contributed by atoms with Gasteiger partial charge in [-0.2, -0.15) is 7.82 Å². The van der Waals surface area contributed by atoms with E-state index >= 15 is 0 Å². The quantitative estimate of drug-likeness (QED) is 0.310. The predicted octanol–water partition coefficient (Wildman–Crippen LogP) is -4.14. The third kappa shape index (κ3) is 77.6. The minimum absolute atomic E-state index is 0. The Morgan fingerprint density at radius 3 is 0.889 bits per heavy atom. The first-order valence-electron chi connectivity index (χ1n) is 0.730. The topological polar surface area (TPSA) is 116 Å². The van der Waals surface area contributed by atoms with Crippen LogP contribution in [0.15, 0.2) is 0 Å². The molecule has 0 aliphatic rings. The fourth-order valence-electron chi connectivity index (χ4n) is 0. The third-order valence-electron chi connectivity index (χ3n) is 0. The van der Waals surface area contributed by atoms with E-state index in [9.17, 15) is 0 Å². The molecule has 5 nitrogen and oxygen atoms in total. The van der Waals surface area contributed by atoms with Crippen molar-refractivity contribution in [1.29, 1.82) is 0 Å². The molecule has 0 radical (unpaired) electrons. The van der Waals surface area contributed by atoms with Crippen molar-refractivity contribution in [1.82, 2.24) is 0 Å². The summed E-state index contributed by atoms with van der Waals surface area (Å²) < 4.78 is 8.55. The SMILES string of the molecule is O=P([O-])([O-])[O-].[Ca+2].[Ca+2].[Ca+2].[OH-]. The van der Waals surface area contributed by atoms with Crippen molar-refractivity contribution in [3.05, 3.63) is 0 Å². The van der Waals surface area contributed by atoms with E-state index in [4.69, 9.17) is 19.2 Å². The van der Waals surface area contributed by atoms with Gasteiger partial charge in [-0.25, -0.2) is 0 Å². The standard InChI is InChI=1S/3Ca.H3O4P.H2O/c;;;1-5(2,3)4;/h;;;(H3,1,2,3,4);1H2/q3*+2;;/p-4.